The molecule has 2 aliphatic rings. The molecular weight excluding hydrogens is 389 g/mol. The zero-order valence-corrected chi connectivity index (χ0v) is 17.6. The van der Waals surface area contributed by atoms with E-state index in [0.717, 1.165) is 0 Å². The molecule has 1 aliphatic heterocycles. The highest BCUT2D eigenvalue weighted by atomic mass is 19.1. The fourth-order valence-electron chi connectivity index (χ4n) is 4.00. The Morgan fingerprint density at radius 3 is 2.53 bits per heavy atom. The average molecular weight is 417 g/mol. The summed E-state index contributed by atoms with van der Waals surface area (Å²) in [6, 6.07) is 5.63. The van der Waals surface area contributed by atoms with Gasteiger partial charge in [-0.2, -0.15) is 5.26 Å². The van der Waals surface area contributed by atoms with Crippen molar-refractivity contribution in [2.24, 2.45) is 5.92 Å². The second-order valence-corrected chi connectivity index (χ2v) is 8.88. The van der Waals surface area contributed by atoms with Crippen LogP contribution in [0.2, 0.25) is 0 Å². The van der Waals surface area contributed by atoms with E-state index in [1.165, 1.54) is 17.2 Å². The zero-order chi connectivity index (χ0) is 21.9. The lowest BCUT2D eigenvalue weighted by Gasteiger charge is -2.32. The smallest absolute Gasteiger partial charge is 0.407 e. The lowest BCUT2D eigenvalue weighted by Crippen LogP contribution is -2.43. The molecule has 162 valence electrons. The molecule has 1 atom stereocenters. The van der Waals surface area contributed by atoms with Crippen molar-refractivity contribution in [2.75, 3.05) is 6.61 Å². The fourth-order valence-corrected chi connectivity index (χ4v) is 4.00. The number of hydrogen-bond acceptors (Lipinski definition) is 5. The van der Waals surface area contributed by atoms with Crippen molar-refractivity contribution in [3.05, 3.63) is 35.1 Å². The Kier molecular flexibility index (Phi) is 6.61. The molecule has 7 nitrogen and oxygen atoms in total. The molecule has 0 bridgehead atoms. The Morgan fingerprint density at radius 2 is 1.90 bits per heavy atom. The Balaban J connectivity index is 1.59. The summed E-state index contributed by atoms with van der Waals surface area (Å²) in [6.07, 6.45) is 2.70. The van der Waals surface area contributed by atoms with Crippen molar-refractivity contribution in [3.8, 4) is 6.07 Å². The predicted octanol–water partition coefficient (Wildman–Crippen LogP) is 3.99. The molecule has 1 saturated carbocycles. The number of nitriles is 1. The van der Waals surface area contributed by atoms with Gasteiger partial charge in [0, 0.05) is 18.4 Å². The molecule has 1 heterocycles. The molecule has 1 saturated heterocycles. The van der Waals surface area contributed by atoms with E-state index in [2.05, 4.69) is 5.32 Å². The Morgan fingerprint density at radius 1 is 1.20 bits per heavy atom. The molecule has 1 N–H and O–H groups in total. The first-order chi connectivity index (χ1) is 14.2. The summed E-state index contributed by atoms with van der Waals surface area (Å²) >= 11 is 0. The number of benzene rings is 1. The average Bonchev–Trinajstić information content (AvgIpc) is 3.16. The third-order valence-corrected chi connectivity index (χ3v) is 5.35. The van der Waals surface area contributed by atoms with Crippen LogP contribution in [0.1, 0.15) is 70.0 Å². The second kappa shape index (κ2) is 9.00. The molecular formula is C22H28FN3O4. The van der Waals surface area contributed by atoms with Gasteiger partial charge < -0.3 is 10.1 Å². The van der Waals surface area contributed by atoms with Gasteiger partial charge in [0.15, 0.2) is 0 Å². The van der Waals surface area contributed by atoms with Gasteiger partial charge in [-0.05, 0) is 70.2 Å². The number of amides is 2. The third-order valence-electron chi connectivity index (χ3n) is 5.35. The van der Waals surface area contributed by atoms with Gasteiger partial charge in [-0.25, -0.2) is 14.2 Å². The third kappa shape index (κ3) is 5.48. The van der Waals surface area contributed by atoms with Gasteiger partial charge >= 0.3 is 6.09 Å². The number of nitrogens with zero attached hydrogens (tertiary/aromatic N) is 2. The van der Waals surface area contributed by atoms with Crippen molar-refractivity contribution in [1.29, 1.82) is 5.26 Å². The summed E-state index contributed by atoms with van der Waals surface area (Å²) in [4.78, 5) is 30.6. The minimum Gasteiger partial charge on any atom is -0.444 e. The molecule has 3 rings (SSSR count). The van der Waals surface area contributed by atoms with Gasteiger partial charge in [0.2, 0.25) is 5.91 Å². The van der Waals surface area contributed by atoms with E-state index in [-0.39, 0.29) is 23.4 Å². The van der Waals surface area contributed by atoms with Crippen molar-refractivity contribution < 1.29 is 23.6 Å². The van der Waals surface area contributed by atoms with Gasteiger partial charge in [0.25, 0.3) is 0 Å². The van der Waals surface area contributed by atoms with Crippen molar-refractivity contribution >= 4 is 12.0 Å². The van der Waals surface area contributed by atoms with Crippen LogP contribution >= 0.6 is 0 Å². The van der Waals surface area contributed by atoms with Crippen LogP contribution in [0.25, 0.3) is 0 Å². The molecule has 0 aromatic heterocycles. The quantitative estimate of drug-likeness (QED) is 0.803. The second-order valence-electron chi connectivity index (χ2n) is 8.88. The van der Waals surface area contributed by atoms with Crippen LogP contribution in [0.15, 0.2) is 18.2 Å². The minimum atomic E-state index is -0.554. The van der Waals surface area contributed by atoms with Crippen LogP contribution in [0, 0.1) is 23.1 Å². The van der Waals surface area contributed by atoms with Crippen LogP contribution in [0.5, 0.6) is 0 Å². The standard InChI is InChI=1S/C22H28FN3O4/c1-22(2,3)30-21(28)25-18-6-4-15(5-7-18)20(27)26-19(8-9-29-26)16-10-14(13-24)11-17(23)12-16/h10-12,15,18-19H,4-9H2,1-3H3,(H,25,28)/t15?,18?,19-/m0/s1. The van der Waals surface area contributed by atoms with E-state index < -0.39 is 23.6 Å². The maximum atomic E-state index is 13.9. The number of carbonyl (C=O) groups excluding carboxylic acids is 2. The summed E-state index contributed by atoms with van der Waals surface area (Å²) in [6.45, 7) is 5.80. The first-order valence-corrected chi connectivity index (χ1v) is 10.3. The first-order valence-electron chi connectivity index (χ1n) is 10.3. The van der Waals surface area contributed by atoms with Gasteiger partial charge in [-0.15, -0.1) is 0 Å². The normalized spacial score (nSPS) is 24.2. The fraction of sp³-hybridized carbons (Fsp3) is 0.591. The summed E-state index contributed by atoms with van der Waals surface area (Å²) in [5, 5.41) is 13.3. The lowest BCUT2D eigenvalue weighted by molar-refractivity contribution is -0.183. The van der Waals surface area contributed by atoms with E-state index in [4.69, 9.17) is 14.8 Å². The predicted molar refractivity (Wildman–Crippen MR) is 106 cm³/mol. The number of hydrogen-bond donors (Lipinski definition) is 1. The van der Waals surface area contributed by atoms with E-state index in [1.54, 1.807) is 6.07 Å². The number of halogens is 1. The molecule has 2 amide bonds. The Hall–Kier alpha value is -2.66. The van der Waals surface area contributed by atoms with E-state index in [9.17, 15) is 14.0 Å². The van der Waals surface area contributed by atoms with Crippen molar-refractivity contribution in [2.45, 2.75) is 70.6 Å². The summed E-state index contributed by atoms with van der Waals surface area (Å²) in [7, 11) is 0. The highest BCUT2D eigenvalue weighted by Gasteiger charge is 2.38. The monoisotopic (exact) mass is 417 g/mol. The van der Waals surface area contributed by atoms with Crippen LogP contribution in [-0.2, 0) is 14.4 Å². The molecule has 0 spiro atoms. The van der Waals surface area contributed by atoms with Gasteiger partial charge in [-0.3, -0.25) is 9.63 Å². The molecule has 0 radical (unpaired) electrons. The molecule has 1 aromatic rings. The van der Waals surface area contributed by atoms with Crippen LogP contribution < -0.4 is 5.32 Å². The number of carbonyl (C=O) groups is 2. The molecule has 1 aromatic carbocycles. The van der Waals surface area contributed by atoms with Gasteiger partial charge in [-0.1, -0.05) is 0 Å². The van der Waals surface area contributed by atoms with E-state index in [0.29, 0.717) is 44.3 Å². The number of nitrogens with one attached hydrogen (secondary N) is 1. The SMILES string of the molecule is CC(C)(C)OC(=O)NC1CCC(C(=O)N2OCC[C@H]2c2cc(F)cc(C#N)c2)CC1. The largest absolute Gasteiger partial charge is 0.444 e. The number of hydroxylamine groups is 2. The Bertz CT molecular complexity index is 838. The van der Waals surface area contributed by atoms with Crippen LogP contribution in [0.4, 0.5) is 9.18 Å². The van der Waals surface area contributed by atoms with E-state index in [1.807, 2.05) is 26.8 Å². The topological polar surface area (TPSA) is 91.7 Å². The maximum Gasteiger partial charge on any atom is 0.407 e. The highest BCUT2D eigenvalue weighted by molar-refractivity contribution is 5.78. The van der Waals surface area contributed by atoms with Gasteiger partial charge in [0.1, 0.15) is 11.4 Å². The molecule has 2 fully saturated rings. The van der Waals surface area contributed by atoms with E-state index >= 15 is 0 Å². The molecule has 1 aliphatic carbocycles. The maximum absolute atomic E-state index is 13.9. The Labute approximate surface area is 176 Å². The number of ether oxygens (including phenoxy) is 1. The van der Waals surface area contributed by atoms with Crippen LogP contribution in [-0.4, -0.2) is 35.3 Å². The number of alkyl carbamates (subject to hydrolysis) is 1. The molecule has 0 unspecified atom stereocenters. The van der Waals surface area contributed by atoms with Gasteiger partial charge in [0.05, 0.1) is 24.3 Å². The highest BCUT2D eigenvalue weighted by Crippen LogP contribution is 2.35. The number of rotatable bonds is 3. The van der Waals surface area contributed by atoms with Crippen molar-refractivity contribution in [3.63, 3.8) is 0 Å². The summed E-state index contributed by atoms with van der Waals surface area (Å²) < 4.78 is 19.1. The van der Waals surface area contributed by atoms with Crippen LogP contribution in [0.3, 0.4) is 0 Å². The summed E-state index contributed by atoms with van der Waals surface area (Å²) in [5.74, 6) is -0.848. The lowest BCUT2D eigenvalue weighted by atomic mass is 9.85. The first kappa shape index (κ1) is 22.0. The zero-order valence-electron chi connectivity index (χ0n) is 17.6. The van der Waals surface area contributed by atoms with Crippen molar-refractivity contribution in [1.82, 2.24) is 10.4 Å². The molecule has 30 heavy (non-hydrogen) atoms. The minimum absolute atomic E-state index is 0.0272. The summed E-state index contributed by atoms with van der Waals surface area (Å²) in [5.41, 5.74) is 0.234. The molecule has 8 heteroatoms.